The fourth-order valence-electron chi connectivity index (χ4n) is 2.64. The van der Waals surface area contributed by atoms with Crippen LogP contribution in [0.5, 0.6) is 0 Å². The fraction of sp³-hybridized carbons (Fsp3) is 0.692. The molecular formula is C13H20N4O. The van der Waals surface area contributed by atoms with Crippen LogP contribution in [0.2, 0.25) is 0 Å². The van der Waals surface area contributed by atoms with Crippen LogP contribution in [0.15, 0.2) is 10.9 Å². The lowest BCUT2D eigenvalue weighted by Gasteiger charge is -2.39. The number of hydrogen-bond acceptors (Lipinski definition) is 4. The van der Waals surface area contributed by atoms with Gasteiger partial charge in [0.1, 0.15) is 11.6 Å². The monoisotopic (exact) mass is 248 g/mol. The molecule has 1 aliphatic heterocycles. The summed E-state index contributed by atoms with van der Waals surface area (Å²) >= 11 is 0. The van der Waals surface area contributed by atoms with E-state index in [9.17, 15) is 4.79 Å². The second kappa shape index (κ2) is 4.39. The van der Waals surface area contributed by atoms with Gasteiger partial charge in [0, 0.05) is 37.7 Å². The minimum Gasteiger partial charge on any atom is -0.351 e. The Labute approximate surface area is 107 Å². The minimum absolute atomic E-state index is 0.0203. The van der Waals surface area contributed by atoms with Gasteiger partial charge in [-0.05, 0) is 26.8 Å². The Hall–Kier alpha value is -1.36. The molecule has 5 nitrogen and oxygen atoms in total. The van der Waals surface area contributed by atoms with Crippen LogP contribution in [0, 0.1) is 0 Å². The molecule has 1 aromatic rings. The molecule has 3 rings (SSSR count). The van der Waals surface area contributed by atoms with E-state index in [-0.39, 0.29) is 5.56 Å². The van der Waals surface area contributed by atoms with Crippen LogP contribution in [0.3, 0.4) is 0 Å². The van der Waals surface area contributed by atoms with Crippen LogP contribution in [-0.4, -0.2) is 47.6 Å². The predicted octanol–water partition coefficient (Wildman–Crippen LogP) is 0.788. The van der Waals surface area contributed by atoms with E-state index < -0.39 is 0 Å². The van der Waals surface area contributed by atoms with Gasteiger partial charge < -0.3 is 14.8 Å². The molecule has 0 amide bonds. The van der Waals surface area contributed by atoms with Crippen molar-refractivity contribution >= 4 is 5.82 Å². The molecule has 1 saturated carbocycles. The summed E-state index contributed by atoms with van der Waals surface area (Å²) in [5.74, 6) is 2.21. The van der Waals surface area contributed by atoms with E-state index in [1.165, 1.54) is 0 Å². The maximum Gasteiger partial charge on any atom is 0.252 e. The maximum absolute atomic E-state index is 11.7. The van der Waals surface area contributed by atoms with Gasteiger partial charge in [-0.3, -0.25) is 4.79 Å². The third-order valence-corrected chi connectivity index (χ3v) is 3.84. The zero-order valence-electron chi connectivity index (χ0n) is 11.0. The molecule has 5 heteroatoms. The van der Waals surface area contributed by atoms with Crippen molar-refractivity contribution in [2.75, 3.05) is 31.6 Å². The molecule has 1 unspecified atom stereocenters. The van der Waals surface area contributed by atoms with Crippen LogP contribution < -0.4 is 10.5 Å². The number of nitrogens with one attached hydrogen (secondary N) is 1. The topological polar surface area (TPSA) is 52.2 Å². The van der Waals surface area contributed by atoms with Crippen molar-refractivity contribution in [3.05, 3.63) is 22.2 Å². The molecule has 0 bridgehead atoms. The molecule has 98 valence electrons. The Balaban J connectivity index is 1.88. The summed E-state index contributed by atoms with van der Waals surface area (Å²) in [6, 6.07) is 2.04. The van der Waals surface area contributed by atoms with Gasteiger partial charge >= 0.3 is 0 Å². The molecule has 18 heavy (non-hydrogen) atoms. The summed E-state index contributed by atoms with van der Waals surface area (Å²) in [4.78, 5) is 23.8. The van der Waals surface area contributed by atoms with Gasteiger partial charge in [-0.25, -0.2) is 4.98 Å². The first-order valence-electron chi connectivity index (χ1n) is 6.70. The molecule has 2 heterocycles. The van der Waals surface area contributed by atoms with Crippen molar-refractivity contribution < 1.29 is 0 Å². The number of anilines is 1. The number of H-pyrrole nitrogens is 1. The summed E-state index contributed by atoms with van der Waals surface area (Å²) in [6.07, 6.45) is 2.31. The lowest BCUT2D eigenvalue weighted by Crippen LogP contribution is -2.51. The Morgan fingerprint density at radius 3 is 2.83 bits per heavy atom. The molecule has 1 saturated heterocycles. The third-order valence-electron chi connectivity index (χ3n) is 3.84. The zero-order valence-corrected chi connectivity index (χ0v) is 11.0. The van der Waals surface area contributed by atoms with Gasteiger partial charge in [0.05, 0.1) is 0 Å². The summed E-state index contributed by atoms with van der Waals surface area (Å²) in [5.41, 5.74) is -0.0203. The third kappa shape index (κ3) is 2.27. The van der Waals surface area contributed by atoms with E-state index in [1.54, 1.807) is 6.07 Å². The van der Waals surface area contributed by atoms with E-state index >= 15 is 0 Å². The number of hydrogen-bond donors (Lipinski definition) is 1. The number of aromatic amines is 1. The second-order valence-corrected chi connectivity index (χ2v) is 5.57. The average Bonchev–Trinajstić information content (AvgIpc) is 3.11. The van der Waals surface area contributed by atoms with Crippen LogP contribution >= 0.6 is 0 Å². The molecule has 2 aliphatic rings. The van der Waals surface area contributed by atoms with E-state index in [0.29, 0.717) is 12.0 Å². The second-order valence-electron chi connectivity index (χ2n) is 5.57. The van der Waals surface area contributed by atoms with Gasteiger partial charge in [0.15, 0.2) is 0 Å². The maximum atomic E-state index is 11.7. The quantitative estimate of drug-likeness (QED) is 0.840. The first-order chi connectivity index (χ1) is 8.63. The van der Waals surface area contributed by atoms with Crippen molar-refractivity contribution in [3.63, 3.8) is 0 Å². The van der Waals surface area contributed by atoms with E-state index in [0.717, 1.165) is 44.1 Å². The summed E-state index contributed by atoms with van der Waals surface area (Å²) in [6.45, 7) is 5.18. The van der Waals surface area contributed by atoms with Gasteiger partial charge in [-0.1, -0.05) is 0 Å². The predicted molar refractivity (Wildman–Crippen MR) is 71.1 cm³/mol. The van der Waals surface area contributed by atoms with E-state index in [2.05, 4.69) is 33.7 Å². The van der Waals surface area contributed by atoms with Crippen LogP contribution in [0.4, 0.5) is 5.82 Å². The molecule has 1 atom stereocenters. The lowest BCUT2D eigenvalue weighted by atomic mass is 10.2. The molecule has 0 aromatic carbocycles. The highest BCUT2D eigenvalue weighted by Gasteiger charge is 2.28. The first-order valence-corrected chi connectivity index (χ1v) is 6.70. The number of piperazine rings is 1. The normalized spacial score (nSPS) is 25.4. The molecule has 1 aromatic heterocycles. The molecule has 1 N–H and O–H groups in total. The van der Waals surface area contributed by atoms with Crippen LogP contribution in [-0.2, 0) is 0 Å². The number of aromatic nitrogens is 2. The van der Waals surface area contributed by atoms with Crippen molar-refractivity contribution in [2.45, 2.75) is 31.7 Å². The Bertz CT molecular complexity index is 494. The number of rotatable bonds is 2. The molecular weight excluding hydrogens is 228 g/mol. The Kier molecular flexibility index (Phi) is 2.86. The molecule has 0 spiro atoms. The lowest BCUT2D eigenvalue weighted by molar-refractivity contribution is 0.274. The van der Waals surface area contributed by atoms with Gasteiger partial charge in [0.2, 0.25) is 0 Å². The summed E-state index contributed by atoms with van der Waals surface area (Å²) in [5, 5.41) is 0. The number of nitrogens with zero attached hydrogens (tertiary/aromatic N) is 3. The Morgan fingerprint density at radius 2 is 2.17 bits per heavy atom. The van der Waals surface area contributed by atoms with Gasteiger partial charge in [-0.15, -0.1) is 0 Å². The highest BCUT2D eigenvalue weighted by Crippen LogP contribution is 2.38. The van der Waals surface area contributed by atoms with Gasteiger partial charge in [0.25, 0.3) is 5.56 Å². The molecule has 0 radical (unpaired) electrons. The van der Waals surface area contributed by atoms with E-state index in [4.69, 9.17) is 0 Å². The Morgan fingerprint density at radius 1 is 1.39 bits per heavy atom. The zero-order chi connectivity index (χ0) is 12.7. The van der Waals surface area contributed by atoms with Crippen molar-refractivity contribution in [2.24, 2.45) is 0 Å². The smallest absolute Gasteiger partial charge is 0.252 e. The molecule has 1 aliphatic carbocycles. The average molecular weight is 248 g/mol. The fourth-order valence-corrected chi connectivity index (χ4v) is 2.64. The van der Waals surface area contributed by atoms with Crippen molar-refractivity contribution in [3.8, 4) is 0 Å². The summed E-state index contributed by atoms with van der Waals surface area (Å²) in [7, 11) is 2.13. The summed E-state index contributed by atoms with van der Waals surface area (Å²) < 4.78 is 0. The van der Waals surface area contributed by atoms with Crippen LogP contribution in [0.1, 0.15) is 31.5 Å². The molecule has 2 fully saturated rings. The van der Waals surface area contributed by atoms with Gasteiger partial charge in [-0.2, -0.15) is 0 Å². The minimum atomic E-state index is -0.0203. The highest BCUT2D eigenvalue weighted by atomic mass is 16.1. The standard InChI is InChI=1S/C13H20N4O/c1-9-8-16(2)5-6-17(9)11-7-12(18)15-13(14-11)10-3-4-10/h7,9-10H,3-6,8H2,1-2H3,(H,14,15,18). The highest BCUT2D eigenvalue weighted by molar-refractivity contribution is 5.40. The van der Waals surface area contributed by atoms with Crippen LogP contribution in [0.25, 0.3) is 0 Å². The first kappa shape index (κ1) is 11.7. The van der Waals surface area contributed by atoms with Crippen molar-refractivity contribution in [1.82, 2.24) is 14.9 Å². The largest absolute Gasteiger partial charge is 0.351 e. The van der Waals surface area contributed by atoms with E-state index in [1.807, 2.05) is 0 Å². The number of likely N-dealkylation sites (N-methyl/N-ethyl adjacent to an activating group) is 1. The van der Waals surface area contributed by atoms with Crippen molar-refractivity contribution in [1.29, 1.82) is 0 Å². The SMILES string of the molecule is CC1CN(C)CCN1c1cc(=O)[nH]c(C2CC2)n1.